The van der Waals surface area contributed by atoms with Crippen LogP contribution in [0, 0.1) is 20.6 Å². The molecule has 0 atom stereocenters. The number of nitro groups is 1. The van der Waals surface area contributed by atoms with Gasteiger partial charge in [0.15, 0.2) is 17.3 Å². The third-order valence-corrected chi connectivity index (χ3v) is 8.15. The fourth-order valence-electron chi connectivity index (χ4n) is 5.08. The van der Waals surface area contributed by atoms with Crippen molar-refractivity contribution in [2.24, 2.45) is 5.10 Å². The van der Waals surface area contributed by atoms with E-state index in [0.717, 1.165) is 26.0 Å². The van der Waals surface area contributed by atoms with Gasteiger partial charge in [0.1, 0.15) is 12.4 Å². The highest BCUT2D eigenvalue weighted by Crippen LogP contribution is 2.36. The topological polar surface area (TPSA) is 118 Å². The van der Waals surface area contributed by atoms with E-state index in [-0.39, 0.29) is 23.8 Å². The molecule has 10 nitrogen and oxygen atoms in total. The number of para-hydroxylation sites is 1. The van der Waals surface area contributed by atoms with Crippen molar-refractivity contribution in [2.75, 3.05) is 13.7 Å². The lowest BCUT2D eigenvalue weighted by Crippen LogP contribution is -2.21. The fourth-order valence-corrected chi connectivity index (χ4v) is 5.86. The Balaban J connectivity index is 1.57. The quantitative estimate of drug-likeness (QED) is 0.0587. The van der Waals surface area contributed by atoms with Crippen LogP contribution in [0.5, 0.6) is 17.2 Å². The maximum absolute atomic E-state index is 13.9. The van der Waals surface area contributed by atoms with Crippen molar-refractivity contribution in [3.05, 3.63) is 119 Å². The number of halogens is 1. The lowest BCUT2D eigenvalue weighted by molar-refractivity contribution is -0.384. The second-order valence-electron chi connectivity index (χ2n) is 10.9. The highest BCUT2D eigenvalue weighted by Gasteiger charge is 2.19. The molecule has 5 aromatic rings. The first kappa shape index (κ1) is 32.6. The molecule has 0 fully saturated rings. The number of hydrogen-bond donors (Lipinski definition) is 0. The Morgan fingerprint density at radius 2 is 1.83 bits per heavy atom. The molecule has 0 unspecified atom stereocenters. The van der Waals surface area contributed by atoms with E-state index in [1.807, 2.05) is 44.2 Å². The number of hydrogen-bond acceptors (Lipinski definition) is 8. The molecular weight excluding hydrogens is 699 g/mol. The van der Waals surface area contributed by atoms with Gasteiger partial charge in [-0.1, -0.05) is 38.1 Å². The van der Waals surface area contributed by atoms with Gasteiger partial charge in [-0.15, -0.1) is 0 Å². The Kier molecular flexibility index (Phi) is 10.0. The van der Waals surface area contributed by atoms with Crippen LogP contribution in [-0.4, -0.2) is 34.5 Å². The number of non-ortho nitro benzene ring substituents is 1. The van der Waals surface area contributed by atoms with Crippen LogP contribution in [0.4, 0.5) is 5.69 Å². The van der Waals surface area contributed by atoms with Crippen LogP contribution < -0.4 is 19.8 Å². The number of benzene rings is 4. The van der Waals surface area contributed by atoms with Gasteiger partial charge in [0.2, 0.25) is 0 Å². The first-order valence-electron chi connectivity index (χ1n) is 14.7. The average Bonchev–Trinajstić information content (AvgIpc) is 3.04. The summed E-state index contributed by atoms with van der Waals surface area (Å²) in [6.07, 6.45) is 1.60. The van der Waals surface area contributed by atoms with Crippen molar-refractivity contribution >= 4 is 45.4 Å². The summed E-state index contributed by atoms with van der Waals surface area (Å²) in [5.74, 6) is 2.36. The van der Waals surface area contributed by atoms with Gasteiger partial charge in [-0.3, -0.25) is 14.9 Å². The van der Waals surface area contributed by atoms with E-state index in [0.29, 0.717) is 46.0 Å². The minimum Gasteiger partial charge on any atom is -0.496 e. The van der Waals surface area contributed by atoms with E-state index in [2.05, 4.69) is 41.5 Å². The predicted molar refractivity (Wildman–Crippen MR) is 188 cm³/mol. The molecule has 0 N–H and O–H groups in total. The second-order valence-corrected chi connectivity index (χ2v) is 12.0. The van der Waals surface area contributed by atoms with Crippen LogP contribution >= 0.6 is 22.6 Å². The van der Waals surface area contributed by atoms with Gasteiger partial charge >= 0.3 is 0 Å². The summed E-state index contributed by atoms with van der Waals surface area (Å²) in [7, 11) is 1.65. The van der Waals surface area contributed by atoms with Crippen LogP contribution in [0.25, 0.3) is 22.3 Å². The molecule has 0 saturated heterocycles. The minimum absolute atomic E-state index is 0.00422. The number of aromatic nitrogens is 2. The summed E-state index contributed by atoms with van der Waals surface area (Å²) in [5.41, 5.74) is 4.28. The summed E-state index contributed by atoms with van der Waals surface area (Å²) in [6, 6.07) is 21.2. The van der Waals surface area contributed by atoms with E-state index < -0.39 is 4.92 Å². The monoisotopic (exact) mass is 732 g/mol. The van der Waals surface area contributed by atoms with E-state index in [1.165, 1.54) is 16.8 Å². The highest BCUT2D eigenvalue weighted by atomic mass is 127. The van der Waals surface area contributed by atoms with E-state index >= 15 is 0 Å². The number of aryl methyl sites for hydroxylation is 1. The molecule has 0 aliphatic rings. The summed E-state index contributed by atoms with van der Waals surface area (Å²) >= 11 is 2.15. The maximum atomic E-state index is 13.9. The third-order valence-electron chi connectivity index (χ3n) is 7.35. The van der Waals surface area contributed by atoms with Crippen molar-refractivity contribution < 1.29 is 19.1 Å². The van der Waals surface area contributed by atoms with Crippen molar-refractivity contribution in [1.29, 1.82) is 0 Å². The number of ether oxygens (including phenoxy) is 3. The fraction of sp³-hybridized carbons (Fsp3) is 0.229. The molecule has 46 heavy (non-hydrogen) atoms. The zero-order valence-corrected chi connectivity index (χ0v) is 28.3. The molecule has 1 aromatic heterocycles. The largest absolute Gasteiger partial charge is 0.496 e. The molecule has 0 spiro atoms. The molecule has 1 heterocycles. The number of nitrogens with zero attached hydrogens (tertiary/aromatic N) is 4. The molecule has 0 saturated carbocycles. The average molecular weight is 733 g/mol. The molecule has 5 rings (SSSR count). The van der Waals surface area contributed by atoms with E-state index in [4.69, 9.17) is 19.2 Å². The van der Waals surface area contributed by atoms with Crippen molar-refractivity contribution in [2.45, 2.75) is 40.2 Å². The first-order valence-corrected chi connectivity index (χ1v) is 15.8. The molecule has 0 aliphatic carbocycles. The lowest BCUT2D eigenvalue weighted by atomic mass is 9.96. The van der Waals surface area contributed by atoms with Gasteiger partial charge in [0.25, 0.3) is 11.2 Å². The molecule has 0 radical (unpaired) electrons. The van der Waals surface area contributed by atoms with Crippen LogP contribution in [0.1, 0.15) is 48.9 Å². The highest BCUT2D eigenvalue weighted by molar-refractivity contribution is 14.1. The lowest BCUT2D eigenvalue weighted by Gasteiger charge is -2.17. The van der Waals surface area contributed by atoms with Crippen molar-refractivity contribution in [3.63, 3.8) is 0 Å². The Labute approximate surface area is 280 Å². The first-order chi connectivity index (χ1) is 22.1. The summed E-state index contributed by atoms with van der Waals surface area (Å²) < 4.78 is 19.7. The van der Waals surface area contributed by atoms with Gasteiger partial charge in [-0.2, -0.15) is 9.78 Å². The summed E-state index contributed by atoms with van der Waals surface area (Å²) in [6.45, 7) is 8.51. The van der Waals surface area contributed by atoms with Gasteiger partial charge in [-0.25, -0.2) is 4.98 Å². The number of fused-ring (bicyclic) bond motifs is 1. The normalized spacial score (nSPS) is 11.4. The molecule has 11 heteroatoms. The Bertz CT molecular complexity index is 2020. The maximum Gasteiger partial charge on any atom is 0.282 e. The number of methoxy groups -OCH3 is 1. The molecular formula is C35H33IN4O6. The Morgan fingerprint density at radius 1 is 1.04 bits per heavy atom. The molecule has 0 amide bonds. The van der Waals surface area contributed by atoms with Crippen LogP contribution in [-0.2, 0) is 6.61 Å². The predicted octanol–water partition coefficient (Wildman–Crippen LogP) is 7.88. The molecule has 0 aliphatic heterocycles. The minimum atomic E-state index is -0.437. The molecule has 0 bridgehead atoms. The summed E-state index contributed by atoms with van der Waals surface area (Å²) in [4.78, 5) is 29.5. The van der Waals surface area contributed by atoms with Crippen molar-refractivity contribution in [3.8, 4) is 28.6 Å². The van der Waals surface area contributed by atoms with Crippen molar-refractivity contribution in [1.82, 2.24) is 9.66 Å². The number of rotatable bonds is 11. The zero-order valence-electron chi connectivity index (χ0n) is 26.1. The third kappa shape index (κ3) is 6.89. The number of nitro benzene ring substituents is 1. The smallest absolute Gasteiger partial charge is 0.282 e. The molecule has 236 valence electrons. The van der Waals surface area contributed by atoms with Gasteiger partial charge in [0, 0.05) is 17.7 Å². The Hall–Kier alpha value is -4.78. The SMILES string of the molecule is CCOc1cc(C=Nn2c(-c3cc(C(C)C)c(OC)cc3C)nc3ccccc3c2=O)cc(I)c1OCc1cccc([N+](=O)[O-])c1. The van der Waals surface area contributed by atoms with Gasteiger partial charge < -0.3 is 14.2 Å². The van der Waals surface area contributed by atoms with Crippen LogP contribution in [0.2, 0.25) is 0 Å². The second kappa shape index (κ2) is 14.1. The van der Waals surface area contributed by atoms with E-state index in [1.54, 1.807) is 43.7 Å². The van der Waals surface area contributed by atoms with Crippen LogP contribution in [0.15, 0.2) is 82.7 Å². The van der Waals surface area contributed by atoms with Gasteiger partial charge in [-0.05, 0) is 101 Å². The standard InChI is InChI=1S/C35H33IN4O6/c1-6-45-32-17-24(16-29(36)33(32)46-20-23-10-9-11-25(15-23)40(42)43)19-37-39-34(38-30-13-8-7-12-26(30)35(39)41)28-18-27(21(2)3)31(44-5)14-22(28)4/h7-19,21H,6,20H2,1-5H3. The summed E-state index contributed by atoms with van der Waals surface area (Å²) in [5, 5.41) is 16.3. The van der Waals surface area contributed by atoms with Crippen LogP contribution in [0.3, 0.4) is 0 Å². The van der Waals surface area contributed by atoms with E-state index in [9.17, 15) is 14.9 Å². The van der Waals surface area contributed by atoms with Gasteiger partial charge in [0.05, 0.1) is 39.3 Å². The zero-order chi connectivity index (χ0) is 33.0. The molecule has 4 aromatic carbocycles. The Morgan fingerprint density at radius 3 is 2.54 bits per heavy atom.